The lowest BCUT2D eigenvalue weighted by Crippen LogP contribution is -2.06. The number of aromatic hydroxyl groups is 2. The van der Waals surface area contributed by atoms with E-state index in [1.54, 1.807) is 6.07 Å². The first-order valence-electron chi connectivity index (χ1n) is 6.83. The Morgan fingerprint density at radius 3 is 2.64 bits per heavy atom. The van der Waals surface area contributed by atoms with Crippen LogP contribution in [0.1, 0.15) is 11.1 Å². The van der Waals surface area contributed by atoms with Crippen molar-refractivity contribution < 1.29 is 24.4 Å². The predicted octanol–water partition coefficient (Wildman–Crippen LogP) is 3.06. The predicted molar refractivity (Wildman–Crippen MR) is 81.0 cm³/mol. The van der Waals surface area contributed by atoms with Crippen molar-refractivity contribution in [1.82, 2.24) is 0 Å². The molecule has 0 unspecified atom stereocenters. The molecular weight excluding hydrogens is 284 g/mol. The number of hydrogen-bond donors (Lipinski definition) is 2. The SMILES string of the molecule is COCOc1cc2c(c(O)c1O)CC=C(c1ccccc1)O2. The quantitative estimate of drug-likeness (QED) is 0.671. The molecule has 114 valence electrons. The molecule has 0 radical (unpaired) electrons. The first-order valence-corrected chi connectivity index (χ1v) is 6.83. The largest absolute Gasteiger partial charge is 0.504 e. The van der Waals surface area contributed by atoms with Gasteiger partial charge in [-0.1, -0.05) is 30.3 Å². The summed E-state index contributed by atoms with van der Waals surface area (Å²) in [6.07, 6.45) is 2.33. The van der Waals surface area contributed by atoms with Crippen LogP contribution in [0.2, 0.25) is 0 Å². The highest BCUT2D eigenvalue weighted by atomic mass is 16.7. The van der Waals surface area contributed by atoms with Crippen LogP contribution in [0.4, 0.5) is 0 Å². The Kier molecular flexibility index (Phi) is 3.89. The molecule has 5 nitrogen and oxygen atoms in total. The zero-order valence-electron chi connectivity index (χ0n) is 12.1. The maximum atomic E-state index is 10.1. The van der Waals surface area contributed by atoms with Crippen LogP contribution in [0.3, 0.4) is 0 Å². The molecular formula is C17H16O5. The molecule has 1 heterocycles. The van der Waals surface area contributed by atoms with E-state index in [1.807, 2.05) is 36.4 Å². The van der Waals surface area contributed by atoms with Crippen molar-refractivity contribution in [2.45, 2.75) is 6.42 Å². The number of hydrogen-bond acceptors (Lipinski definition) is 5. The fourth-order valence-corrected chi connectivity index (χ4v) is 2.31. The van der Waals surface area contributed by atoms with E-state index in [0.717, 1.165) is 5.56 Å². The normalized spacial score (nSPS) is 13.0. The van der Waals surface area contributed by atoms with Crippen LogP contribution in [-0.4, -0.2) is 24.1 Å². The van der Waals surface area contributed by atoms with Gasteiger partial charge in [-0.25, -0.2) is 0 Å². The minimum atomic E-state index is -0.309. The molecule has 22 heavy (non-hydrogen) atoms. The highest BCUT2D eigenvalue weighted by Gasteiger charge is 2.23. The van der Waals surface area contributed by atoms with E-state index in [2.05, 4.69) is 0 Å². The van der Waals surface area contributed by atoms with E-state index in [-0.39, 0.29) is 24.0 Å². The van der Waals surface area contributed by atoms with Gasteiger partial charge < -0.3 is 24.4 Å². The Bertz CT molecular complexity index is 707. The number of benzene rings is 2. The lowest BCUT2D eigenvalue weighted by Gasteiger charge is -2.21. The van der Waals surface area contributed by atoms with E-state index in [9.17, 15) is 10.2 Å². The summed E-state index contributed by atoms with van der Waals surface area (Å²) in [6.45, 7) is -0.0346. The lowest BCUT2D eigenvalue weighted by atomic mass is 10.0. The van der Waals surface area contributed by atoms with Crippen molar-refractivity contribution in [3.05, 3.63) is 53.6 Å². The Hall–Kier alpha value is -2.66. The van der Waals surface area contributed by atoms with Gasteiger partial charge in [0.15, 0.2) is 18.3 Å². The number of phenolic OH excluding ortho intramolecular Hbond substituents is 2. The molecule has 0 saturated carbocycles. The summed E-state index contributed by atoms with van der Waals surface area (Å²) < 4.78 is 15.9. The molecule has 1 aliphatic rings. The number of phenols is 2. The van der Waals surface area contributed by atoms with E-state index in [1.165, 1.54) is 7.11 Å². The summed E-state index contributed by atoms with van der Waals surface area (Å²) in [7, 11) is 1.47. The van der Waals surface area contributed by atoms with Crippen LogP contribution in [0.25, 0.3) is 5.76 Å². The third kappa shape index (κ3) is 2.58. The van der Waals surface area contributed by atoms with Crippen LogP contribution < -0.4 is 9.47 Å². The highest BCUT2D eigenvalue weighted by molar-refractivity contribution is 5.69. The number of fused-ring (bicyclic) bond motifs is 1. The fourth-order valence-electron chi connectivity index (χ4n) is 2.31. The molecule has 5 heteroatoms. The number of allylic oxidation sites excluding steroid dienone is 1. The average molecular weight is 300 g/mol. The first-order chi connectivity index (χ1) is 10.7. The zero-order valence-corrected chi connectivity index (χ0v) is 12.1. The van der Waals surface area contributed by atoms with Gasteiger partial charge in [-0.05, 0) is 6.08 Å². The van der Waals surface area contributed by atoms with Gasteiger partial charge in [0.2, 0.25) is 5.75 Å². The van der Waals surface area contributed by atoms with Gasteiger partial charge >= 0.3 is 0 Å². The van der Waals surface area contributed by atoms with Gasteiger partial charge in [0.05, 0.1) is 0 Å². The topological polar surface area (TPSA) is 68.2 Å². The summed E-state index contributed by atoms with van der Waals surface area (Å²) in [5.41, 5.74) is 1.47. The molecule has 2 N–H and O–H groups in total. The molecule has 0 fully saturated rings. The Labute approximate surface area is 128 Å². The van der Waals surface area contributed by atoms with Crippen LogP contribution in [0.15, 0.2) is 42.5 Å². The van der Waals surface area contributed by atoms with E-state index >= 15 is 0 Å². The van der Waals surface area contributed by atoms with Crippen molar-refractivity contribution in [1.29, 1.82) is 0 Å². The second-order valence-corrected chi connectivity index (χ2v) is 4.84. The highest BCUT2D eigenvalue weighted by Crippen LogP contribution is 2.46. The molecule has 0 aromatic heterocycles. The number of rotatable bonds is 4. The smallest absolute Gasteiger partial charge is 0.201 e. The zero-order chi connectivity index (χ0) is 15.5. The Morgan fingerprint density at radius 2 is 1.91 bits per heavy atom. The molecule has 3 rings (SSSR count). The van der Waals surface area contributed by atoms with Gasteiger partial charge in [0.1, 0.15) is 11.5 Å². The lowest BCUT2D eigenvalue weighted by molar-refractivity contribution is 0.0488. The number of methoxy groups -OCH3 is 1. The molecule has 2 aromatic rings. The molecule has 0 saturated heterocycles. The Balaban J connectivity index is 1.94. The Morgan fingerprint density at radius 1 is 1.14 bits per heavy atom. The van der Waals surface area contributed by atoms with Crippen LogP contribution in [-0.2, 0) is 11.2 Å². The van der Waals surface area contributed by atoms with Crippen molar-refractivity contribution in [2.24, 2.45) is 0 Å². The second-order valence-electron chi connectivity index (χ2n) is 4.84. The molecule has 0 spiro atoms. The summed E-state index contributed by atoms with van der Waals surface area (Å²) in [6, 6.07) is 11.2. The molecule has 0 bridgehead atoms. The summed E-state index contributed by atoms with van der Waals surface area (Å²) in [5, 5.41) is 20.1. The monoisotopic (exact) mass is 300 g/mol. The summed E-state index contributed by atoms with van der Waals surface area (Å²) in [4.78, 5) is 0. The third-order valence-corrected chi connectivity index (χ3v) is 3.41. The summed E-state index contributed by atoms with van der Waals surface area (Å²) >= 11 is 0. The maximum absolute atomic E-state index is 10.1. The van der Waals surface area contributed by atoms with Crippen LogP contribution in [0, 0.1) is 0 Å². The van der Waals surface area contributed by atoms with Gasteiger partial charge in [0, 0.05) is 30.7 Å². The van der Waals surface area contributed by atoms with E-state index in [0.29, 0.717) is 23.5 Å². The van der Waals surface area contributed by atoms with Gasteiger partial charge in [-0.3, -0.25) is 0 Å². The maximum Gasteiger partial charge on any atom is 0.201 e. The van der Waals surface area contributed by atoms with Gasteiger partial charge in [0.25, 0.3) is 0 Å². The minimum Gasteiger partial charge on any atom is -0.504 e. The summed E-state index contributed by atoms with van der Waals surface area (Å²) in [5.74, 6) is 0.744. The molecule has 0 amide bonds. The fraction of sp³-hybridized carbons (Fsp3) is 0.176. The van der Waals surface area contributed by atoms with E-state index < -0.39 is 0 Å². The molecule has 2 aromatic carbocycles. The third-order valence-electron chi connectivity index (χ3n) is 3.41. The van der Waals surface area contributed by atoms with Crippen molar-refractivity contribution in [3.8, 4) is 23.0 Å². The minimum absolute atomic E-state index is 0.0346. The average Bonchev–Trinajstić information content (AvgIpc) is 2.57. The van der Waals surface area contributed by atoms with Gasteiger partial charge in [-0.15, -0.1) is 0 Å². The molecule has 0 aliphatic carbocycles. The van der Waals surface area contributed by atoms with Crippen LogP contribution in [0.5, 0.6) is 23.0 Å². The van der Waals surface area contributed by atoms with Crippen molar-refractivity contribution in [2.75, 3.05) is 13.9 Å². The molecule has 1 aliphatic heterocycles. The standard InChI is InChI=1S/C17H16O5/c1-20-10-21-15-9-14-12(16(18)17(15)19)7-8-13(22-14)11-5-3-2-4-6-11/h2-6,8-9,18-19H,7,10H2,1H3. The first kappa shape index (κ1) is 14.3. The van der Waals surface area contributed by atoms with Crippen LogP contribution >= 0.6 is 0 Å². The molecule has 0 atom stereocenters. The van der Waals surface area contributed by atoms with Gasteiger partial charge in [-0.2, -0.15) is 0 Å². The second kappa shape index (κ2) is 5.99. The van der Waals surface area contributed by atoms with E-state index in [4.69, 9.17) is 14.2 Å². The van der Waals surface area contributed by atoms with Crippen molar-refractivity contribution in [3.63, 3.8) is 0 Å². The number of ether oxygens (including phenoxy) is 3. The van der Waals surface area contributed by atoms with Crippen molar-refractivity contribution >= 4 is 5.76 Å².